The van der Waals surface area contributed by atoms with Crippen molar-refractivity contribution in [3.8, 4) is 5.75 Å². The van der Waals surface area contributed by atoms with Crippen LogP contribution in [0, 0.1) is 0 Å². The van der Waals surface area contributed by atoms with Gasteiger partial charge in [0.1, 0.15) is 12.4 Å². The van der Waals surface area contributed by atoms with Crippen LogP contribution in [-0.4, -0.2) is 6.61 Å². The van der Waals surface area contributed by atoms with Crippen molar-refractivity contribution in [2.45, 2.75) is 32.7 Å². The van der Waals surface area contributed by atoms with Gasteiger partial charge in [0, 0.05) is 5.56 Å². The summed E-state index contributed by atoms with van der Waals surface area (Å²) in [6, 6.07) is 4.49. The molecule has 0 spiro atoms. The van der Waals surface area contributed by atoms with Crippen molar-refractivity contribution >= 4 is 0 Å². The molecule has 2 heteroatoms. The van der Waals surface area contributed by atoms with Crippen molar-refractivity contribution in [1.82, 2.24) is 0 Å². The van der Waals surface area contributed by atoms with Crippen LogP contribution in [0.25, 0.3) is 0 Å². The normalized spacial score (nSPS) is 19.2. The van der Waals surface area contributed by atoms with E-state index >= 15 is 0 Å². The Hall–Kier alpha value is -1.02. The maximum absolute atomic E-state index is 5.97. The minimum Gasteiger partial charge on any atom is -0.491 e. The summed E-state index contributed by atoms with van der Waals surface area (Å²) in [5, 5.41) is 0. The first-order chi connectivity index (χ1) is 6.76. The Morgan fingerprint density at radius 2 is 2.14 bits per heavy atom. The van der Waals surface area contributed by atoms with Gasteiger partial charge in [-0.3, -0.25) is 0 Å². The van der Waals surface area contributed by atoms with E-state index in [4.69, 9.17) is 10.5 Å². The van der Waals surface area contributed by atoms with Crippen LogP contribution in [0.3, 0.4) is 0 Å². The summed E-state index contributed by atoms with van der Waals surface area (Å²) in [7, 11) is 0. The molecule has 0 unspecified atom stereocenters. The Kier molecular flexibility index (Phi) is 2.46. The fourth-order valence-corrected chi connectivity index (χ4v) is 1.96. The molecule has 0 fully saturated rings. The molecular formula is C12H17NO. The Labute approximate surface area is 85.1 Å². The summed E-state index contributed by atoms with van der Waals surface area (Å²) in [6.07, 6.45) is 2.08. The van der Waals surface area contributed by atoms with E-state index in [2.05, 4.69) is 26.0 Å². The zero-order valence-electron chi connectivity index (χ0n) is 8.84. The highest BCUT2D eigenvalue weighted by molar-refractivity contribution is 5.48. The van der Waals surface area contributed by atoms with Crippen molar-refractivity contribution in [3.63, 3.8) is 0 Å². The van der Waals surface area contributed by atoms with E-state index in [1.165, 1.54) is 16.7 Å². The molecule has 1 aromatic carbocycles. The number of rotatable bonds is 2. The minimum absolute atomic E-state index is 0.0711. The quantitative estimate of drug-likeness (QED) is 0.777. The Bertz CT molecular complexity index is 346. The van der Waals surface area contributed by atoms with Gasteiger partial charge in [0.05, 0.1) is 6.04 Å². The smallest absolute Gasteiger partial charge is 0.127 e. The van der Waals surface area contributed by atoms with Crippen LogP contribution in [0.15, 0.2) is 12.1 Å². The molecule has 0 aliphatic carbocycles. The van der Waals surface area contributed by atoms with Crippen molar-refractivity contribution in [2.75, 3.05) is 6.61 Å². The van der Waals surface area contributed by atoms with Gasteiger partial charge >= 0.3 is 0 Å². The SMILES string of the molecule is CCc1cc(CC)c2c(c1)[C@H](N)CO2. The molecule has 14 heavy (non-hydrogen) atoms. The second kappa shape index (κ2) is 3.62. The number of benzene rings is 1. The molecule has 2 nitrogen and oxygen atoms in total. The van der Waals surface area contributed by atoms with Crippen LogP contribution >= 0.6 is 0 Å². The van der Waals surface area contributed by atoms with Crippen LogP contribution < -0.4 is 10.5 Å². The number of aryl methyl sites for hydroxylation is 2. The molecular weight excluding hydrogens is 174 g/mol. The van der Waals surface area contributed by atoms with Crippen LogP contribution in [0.2, 0.25) is 0 Å². The molecule has 1 aliphatic heterocycles. The predicted octanol–water partition coefficient (Wildman–Crippen LogP) is 2.20. The molecule has 1 atom stereocenters. The van der Waals surface area contributed by atoms with Gasteiger partial charge in [-0.1, -0.05) is 26.0 Å². The first kappa shape index (κ1) is 9.53. The van der Waals surface area contributed by atoms with Crippen LogP contribution in [0.4, 0.5) is 0 Å². The topological polar surface area (TPSA) is 35.2 Å². The molecule has 0 radical (unpaired) electrons. The van der Waals surface area contributed by atoms with Crippen molar-refractivity contribution in [2.24, 2.45) is 5.73 Å². The van der Waals surface area contributed by atoms with Gasteiger partial charge in [-0.05, 0) is 24.0 Å². The summed E-state index contributed by atoms with van der Waals surface area (Å²) in [6.45, 7) is 4.96. The van der Waals surface area contributed by atoms with Crippen LogP contribution in [0.1, 0.15) is 36.6 Å². The first-order valence-electron chi connectivity index (χ1n) is 5.30. The van der Waals surface area contributed by atoms with Gasteiger partial charge in [-0.15, -0.1) is 0 Å². The van der Waals surface area contributed by atoms with E-state index in [1.54, 1.807) is 0 Å². The number of ether oxygens (including phenoxy) is 1. The molecule has 0 saturated heterocycles. The number of hydrogen-bond acceptors (Lipinski definition) is 2. The van der Waals surface area contributed by atoms with E-state index in [1.807, 2.05) is 0 Å². The van der Waals surface area contributed by atoms with E-state index in [0.29, 0.717) is 6.61 Å². The molecule has 2 N–H and O–H groups in total. The third kappa shape index (κ3) is 1.40. The van der Waals surface area contributed by atoms with Crippen molar-refractivity contribution in [3.05, 3.63) is 28.8 Å². The van der Waals surface area contributed by atoms with Gasteiger partial charge in [-0.25, -0.2) is 0 Å². The lowest BCUT2D eigenvalue weighted by molar-refractivity contribution is 0.331. The maximum atomic E-state index is 5.97. The van der Waals surface area contributed by atoms with E-state index in [-0.39, 0.29) is 6.04 Å². The summed E-state index contributed by atoms with van der Waals surface area (Å²) in [5.41, 5.74) is 9.83. The van der Waals surface area contributed by atoms with E-state index in [9.17, 15) is 0 Å². The van der Waals surface area contributed by atoms with E-state index < -0.39 is 0 Å². The molecule has 76 valence electrons. The third-order valence-electron chi connectivity index (χ3n) is 2.85. The monoisotopic (exact) mass is 191 g/mol. The zero-order chi connectivity index (χ0) is 10.1. The fourth-order valence-electron chi connectivity index (χ4n) is 1.96. The second-order valence-electron chi connectivity index (χ2n) is 3.80. The van der Waals surface area contributed by atoms with Crippen molar-refractivity contribution < 1.29 is 4.74 Å². The predicted molar refractivity (Wildman–Crippen MR) is 57.6 cm³/mol. The summed E-state index contributed by atoms with van der Waals surface area (Å²) < 4.78 is 5.61. The van der Waals surface area contributed by atoms with Gasteiger partial charge in [0.15, 0.2) is 0 Å². The Balaban J connectivity index is 2.52. The molecule has 2 rings (SSSR count). The van der Waals surface area contributed by atoms with Gasteiger partial charge in [0.2, 0.25) is 0 Å². The van der Waals surface area contributed by atoms with Crippen molar-refractivity contribution in [1.29, 1.82) is 0 Å². The maximum Gasteiger partial charge on any atom is 0.127 e. The molecule has 1 heterocycles. The Morgan fingerprint density at radius 1 is 1.36 bits per heavy atom. The summed E-state index contributed by atoms with van der Waals surface area (Å²) in [5.74, 6) is 1.04. The summed E-state index contributed by atoms with van der Waals surface area (Å²) in [4.78, 5) is 0. The minimum atomic E-state index is 0.0711. The van der Waals surface area contributed by atoms with Crippen LogP contribution in [0.5, 0.6) is 5.75 Å². The lowest BCUT2D eigenvalue weighted by Crippen LogP contribution is -2.10. The fraction of sp³-hybridized carbons (Fsp3) is 0.500. The van der Waals surface area contributed by atoms with Gasteiger partial charge < -0.3 is 10.5 Å². The van der Waals surface area contributed by atoms with E-state index in [0.717, 1.165) is 18.6 Å². The molecule has 0 amide bonds. The number of nitrogens with two attached hydrogens (primary N) is 1. The summed E-state index contributed by atoms with van der Waals surface area (Å²) >= 11 is 0. The number of hydrogen-bond donors (Lipinski definition) is 1. The highest BCUT2D eigenvalue weighted by Gasteiger charge is 2.23. The average molecular weight is 191 g/mol. The molecule has 0 saturated carbocycles. The average Bonchev–Trinajstić information content (AvgIpc) is 2.59. The first-order valence-corrected chi connectivity index (χ1v) is 5.30. The van der Waals surface area contributed by atoms with Gasteiger partial charge in [-0.2, -0.15) is 0 Å². The molecule has 0 aromatic heterocycles. The standard InChI is InChI=1S/C12H17NO/c1-3-8-5-9(4-2)12-10(6-8)11(13)7-14-12/h5-6,11H,3-4,7,13H2,1-2H3/t11-/m1/s1. The second-order valence-corrected chi connectivity index (χ2v) is 3.80. The van der Waals surface area contributed by atoms with Crippen LogP contribution in [-0.2, 0) is 12.8 Å². The Morgan fingerprint density at radius 3 is 2.79 bits per heavy atom. The molecule has 1 aromatic rings. The molecule has 1 aliphatic rings. The number of fused-ring (bicyclic) bond motifs is 1. The highest BCUT2D eigenvalue weighted by atomic mass is 16.5. The zero-order valence-corrected chi connectivity index (χ0v) is 8.84. The lowest BCUT2D eigenvalue weighted by Gasteiger charge is -2.09. The van der Waals surface area contributed by atoms with Gasteiger partial charge in [0.25, 0.3) is 0 Å². The molecule has 0 bridgehead atoms. The third-order valence-corrected chi connectivity index (χ3v) is 2.85. The lowest BCUT2D eigenvalue weighted by atomic mass is 9.99. The largest absolute Gasteiger partial charge is 0.491 e. The highest BCUT2D eigenvalue weighted by Crippen LogP contribution is 2.35.